The molecule has 0 aromatic heterocycles. The molecule has 0 saturated carbocycles. The molecule has 0 aliphatic carbocycles. The molecule has 0 spiro atoms. The highest BCUT2D eigenvalue weighted by atomic mass is 16.5. The van der Waals surface area contributed by atoms with Crippen LogP contribution in [-0.4, -0.2) is 26.5 Å². The van der Waals surface area contributed by atoms with E-state index in [4.69, 9.17) is 4.74 Å². The zero-order valence-electron chi connectivity index (χ0n) is 10.2. The van der Waals surface area contributed by atoms with Gasteiger partial charge in [-0.05, 0) is 49.6 Å². The zero-order chi connectivity index (χ0) is 12.0. The fourth-order valence-electron chi connectivity index (χ4n) is 1.72. The summed E-state index contributed by atoms with van der Waals surface area (Å²) in [6.45, 7) is 5.37. The molecule has 3 nitrogen and oxygen atoms in total. The molecule has 0 amide bonds. The third kappa shape index (κ3) is 3.35. The van der Waals surface area contributed by atoms with E-state index in [2.05, 4.69) is 24.4 Å². The predicted molar refractivity (Wildman–Crippen MR) is 65.1 cm³/mol. The van der Waals surface area contributed by atoms with Gasteiger partial charge in [-0.2, -0.15) is 0 Å². The second-order valence-electron chi connectivity index (χ2n) is 3.87. The third-order valence-corrected chi connectivity index (χ3v) is 2.65. The number of aldehydes is 1. The molecule has 0 radical (unpaired) electrons. The minimum absolute atomic E-state index is 0.425. The van der Waals surface area contributed by atoms with Gasteiger partial charge in [0, 0.05) is 0 Å². The SMILES string of the molecule is COc1cc(C)c(CCNCC=O)cc1C. The summed E-state index contributed by atoms with van der Waals surface area (Å²) in [4.78, 5) is 10.1. The van der Waals surface area contributed by atoms with Gasteiger partial charge in [-0.3, -0.25) is 0 Å². The van der Waals surface area contributed by atoms with Crippen LogP contribution in [0.1, 0.15) is 16.7 Å². The Kier molecular flexibility index (Phi) is 4.99. The number of hydrogen-bond donors (Lipinski definition) is 1. The first-order valence-corrected chi connectivity index (χ1v) is 5.47. The first-order valence-electron chi connectivity index (χ1n) is 5.47. The van der Waals surface area contributed by atoms with Crippen molar-refractivity contribution in [2.45, 2.75) is 20.3 Å². The Morgan fingerprint density at radius 2 is 2.06 bits per heavy atom. The Balaban J connectivity index is 2.66. The van der Waals surface area contributed by atoms with Crippen LogP contribution >= 0.6 is 0 Å². The number of carbonyl (C=O) groups excluding carboxylic acids is 1. The number of benzene rings is 1. The summed E-state index contributed by atoms with van der Waals surface area (Å²) in [5.41, 5.74) is 3.69. The van der Waals surface area contributed by atoms with Gasteiger partial charge in [0.05, 0.1) is 13.7 Å². The van der Waals surface area contributed by atoms with Crippen molar-refractivity contribution in [2.24, 2.45) is 0 Å². The third-order valence-electron chi connectivity index (χ3n) is 2.65. The van der Waals surface area contributed by atoms with Crippen LogP contribution in [0.15, 0.2) is 12.1 Å². The Labute approximate surface area is 96.8 Å². The average Bonchev–Trinajstić information content (AvgIpc) is 2.28. The lowest BCUT2D eigenvalue weighted by molar-refractivity contribution is -0.107. The van der Waals surface area contributed by atoms with Crippen LogP contribution in [0.25, 0.3) is 0 Å². The molecule has 1 aromatic rings. The lowest BCUT2D eigenvalue weighted by Gasteiger charge is -2.11. The lowest BCUT2D eigenvalue weighted by atomic mass is 10.0. The van der Waals surface area contributed by atoms with Gasteiger partial charge in [-0.15, -0.1) is 0 Å². The summed E-state index contributed by atoms with van der Waals surface area (Å²) in [6, 6.07) is 4.21. The minimum atomic E-state index is 0.425. The smallest absolute Gasteiger partial charge is 0.133 e. The van der Waals surface area contributed by atoms with Gasteiger partial charge in [0.1, 0.15) is 12.0 Å². The molecule has 0 heterocycles. The van der Waals surface area contributed by atoms with E-state index in [1.165, 1.54) is 11.1 Å². The number of carbonyl (C=O) groups is 1. The van der Waals surface area contributed by atoms with E-state index in [9.17, 15) is 4.79 Å². The van der Waals surface area contributed by atoms with Crippen molar-refractivity contribution in [3.63, 3.8) is 0 Å². The Morgan fingerprint density at radius 1 is 1.31 bits per heavy atom. The number of aryl methyl sites for hydroxylation is 2. The molecule has 0 atom stereocenters. The van der Waals surface area contributed by atoms with Gasteiger partial charge in [-0.25, -0.2) is 0 Å². The predicted octanol–water partition coefficient (Wildman–Crippen LogP) is 1.64. The zero-order valence-corrected chi connectivity index (χ0v) is 10.2. The van der Waals surface area contributed by atoms with Gasteiger partial charge < -0.3 is 14.8 Å². The molecule has 0 aliphatic rings. The summed E-state index contributed by atoms with van der Waals surface area (Å²) in [5, 5.41) is 3.06. The molecule has 0 unspecified atom stereocenters. The molecule has 3 heteroatoms. The van der Waals surface area contributed by atoms with Crippen molar-refractivity contribution in [3.05, 3.63) is 28.8 Å². The van der Waals surface area contributed by atoms with Crippen LogP contribution in [0.5, 0.6) is 5.75 Å². The first-order chi connectivity index (χ1) is 7.69. The van der Waals surface area contributed by atoms with Crippen LogP contribution in [0.2, 0.25) is 0 Å². The maximum atomic E-state index is 10.1. The van der Waals surface area contributed by atoms with E-state index in [1.54, 1.807) is 7.11 Å². The molecule has 16 heavy (non-hydrogen) atoms. The lowest BCUT2D eigenvalue weighted by Crippen LogP contribution is -2.19. The van der Waals surface area contributed by atoms with Crippen LogP contribution in [0.4, 0.5) is 0 Å². The average molecular weight is 221 g/mol. The van der Waals surface area contributed by atoms with Crippen molar-refractivity contribution >= 4 is 6.29 Å². The van der Waals surface area contributed by atoms with Gasteiger partial charge in [0.25, 0.3) is 0 Å². The first kappa shape index (κ1) is 12.7. The van der Waals surface area contributed by atoms with Gasteiger partial charge in [0.15, 0.2) is 0 Å². The molecule has 0 aliphatic heterocycles. The Bertz CT molecular complexity index is 361. The summed E-state index contributed by atoms with van der Waals surface area (Å²) >= 11 is 0. The number of methoxy groups -OCH3 is 1. The van der Waals surface area contributed by atoms with Crippen LogP contribution < -0.4 is 10.1 Å². The van der Waals surface area contributed by atoms with E-state index in [0.29, 0.717) is 6.54 Å². The molecule has 0 bridgehead atoms. The fourth-order valence-corrected chi connectivity index (χ4v) is 1.72. The summed E-state index contributed by atoms with van der Waals surface area (Å²) in [6.07, 6.45) is 1.82. The highest BCUT2D eigenvalue weighted by molar-refractivity contribution is 5.51. The van der Waals surface area contributed by atoms with Crippen LogP contribution in [0.3, 0.4) is 0 Å². The molecular weight excluding hydrogens is 202 g/mol. The summed E-state index contributed by atoms with van der Waals surface area (Å²) in [5.74, 6) is 0.933. The van der Waals surface area contributed by atoms with E-state index < -0.39 is 0 Å². The number of hydrogen-bond acceptors (Lipinski definition) is 3. The molecule has 0 fully saturated rings. The quantitative estimate of drug-likeness (QED) is 0.586. The number of nitrogens with one attached hydrogen (secondary N) is 1. The van der Waals surface area contributed by atoms with Crippen molar-refractivity contribution in [1.82, 2.24) is 5.32 Å². The normalized spacial score (nSPS) is 10.2. The molecule has 1 N–H and O–H groups in total. The highest BCUT2D eigenvalue weighted by Crippen LogP contribution is 2.22. The molecule has 88 valence electrons. The van der Waals surface area contributed by atoms with Gasteiger partial charge in [0.2, 0.25) is 0 Å². The van der Waals surface area contributed by atoms with Gasteiger partial charge in [-0.1, -0.05) is 6.07 Å². The van der Waals surface area contributed by atoms with E-state index in [1.807, 2.05) is 6.92 Å². The van der Waals surface area contributed by atoms with Crippen LogP contribution in [0, 0.1) is 13.8 Å². The van der Waals surface area contributed by atoms with Crippen LogP contribution in [-0.2, 0) is 11.2 Å². The minimum Gasteiger partial charge on any atom is -0.496 e. The molecule has 0 saturated heterocycles. The standard InChI is InChI=1S/C13H19NO2/c1-10-9-13(16-3)11(2)8-12(10)4-5-14-6-7-15/h7-9,14H,4-6H2,1-3H3. The second kappa shape index (κ2) is 6.28. The number of ether oxygens (including phenoxy) is 1. The van der Waals surface area contributed by atoms with Crippen molar-refractivity contribution < 1.29 is 9.53 Å². The van der Waals surface area contributed by atoms with E-state index >= 15 is 0 Å². The highest BCUT2D eigenvalue weighted by Gasteiger charge is 2.04. The number of rotatable bonds is 6. The maximum Gasteiger partial charge on any atom is 0.133 e. The molecule has 1 rings (SSSR count). The van der Waals surface area contributed by atoms with Crippen molar-refractivity contribution in [3.8, 4) is 5.75 Å². The van der Waals surface area contributed by atoms with Crippen molar-refractivity contribution in [2.75, 3.05) is 20.2 Å². The second-order valence-corrected chi connectivity index (χ2v) is 3.87. The largest absolute Gasteiger partial charge is 0.496 e. The maximum absolute atomic E-state index is 10.1. The fraction of sp³-hybridized carbons (Fsp3) is 0.462. The van der Waals surface area contributed by atoms with Crippen molar-refractivity contribution in [1.29, 1.82) is 0 Å². The Morgan fingerprint density at radius 3 is 2.69 bits per heavy atom. The van der Waals surface area contributed by atoms with Gasteiger partial charge >= 0.3 is 0 Å². The molecule has 1 aromatic carbocycles. The summed E-state index contributed by atoms with van der Waals surface area (Å²) in [7, 11) is 1.69. The van der Waals surface area contributed by atoms with E-state index in [0.717, 1.165) is 30.6 Å². The van der Waals surface area contributed by atoms with E-state index in [-0.39, 0.29) is 0 Å². The Hall–Kier alpha value is -1.35. The topological polar surface area (TPSA) is 38.3 Å². The molecular formula is C13H19NO2. The monoisotopic (exact) mass is 221 g/mol. The summed E-state index contributed by atoms with van der Waals surface area (Å²) < 4.78 is 5.26.